The van der Waals surface area contributed by atoms with Crippen LogP contribution in [0.15, 0.2) is 119 Å². The molecule has 0 amide bonds. The van der Waals surface area contributed by atoms with Crippen LogP contribution >= 0.6 is 24.0 Å². The summed E-state index contributed by atoms with van der Waals surface area (Å²) in [4.78, 5) is 19.4. The van der Waals surface area contributed by atoms with Gasteiger partial charge in [0.15, 0.2) is 5.11 Å². The molecule has 7 nitrogen and oxygen atoms in total. The Labute approximate surface area is 248 Å². The van der Waals surface area contributed by atoms with E-state index in [0.717, 1.165) is 32.6 Å². The van der Waals surface area contributed by atoms with Crippen LogP contribution in [0.5, 0.6) is 0 Å². The third-order valence-corrected chi connectivity index (χ3v) is 8.68. The first-order valence-electron chi connectivity index (χ1n) is 13.2. The number of aromatic nitrogens is 2. The Kier molecular flexibility index (Phi) is 7.30. The molecule has 5 aromatic rings. The minimum absolute atomic E-state index is 0.0822. The van der Waals surface area contributed by atoms with Crippen LogP contribution in [0.4, 0.5) is 11.4 Å². The maximum atomic E-state index is 11.0. The molecule has 0 saturated carbocycles. The number of benzene rings is 3. The highest BCUT2D eigenvalue weighted by Gasteiger charge is 2.42. The molecule has 0 aliphatic carbocycles. The Bertz CT molecular complexity index is 1720. The Morgan fingerprint density at radius 3 is 2.24 bits per heavy atom. The summed E-state index contributed by atoms with van der Waals surface area (Å²) < 4.78 is 2.23. The molecule has 2 aromatic heterocycles. The lowest BCUT2D eigenvalue weighted by Crippen LogP contribution is -2.30. The molecule has 1 aliphatic heterocycles. The summed E-state index contributed by atoms with van der Waals surface area (Å²) in [6, 6.07) is 31.2. The van der Waals surface area contributed by atoms with E-state index in [9.17, 15) is 10.1 Å². The van der Waals surface area contributed by atoms with Crippen LogP contribution in [0.25, 0.3) is 5.69 Å². The second-order valence-corrected chi connectivity index (χ2v) is 11.4. The van der Waals surface area contributed by atoms with E-state index in [-0.39, 0.29) is 22.7 Å². The number of nitrogens with one attached hydrogen (secondary N) is 1. The summed E-state index contributed by atoms with van der Waals surface area (Å²) in [5.74, 6) is 0. The van der Waals surface area contributed by atoms with Crippen molar-refractivity contribution in [2.75, 3.05) is 4.90 Å². The second kappa shape index (κ2) is 11.2. The summed E-state index contributed by atoms with van der Waals surface area (Å²) in [7, 11) is 0. The first-order valence-corrected chi connectivity index (χ1v) is 14.4. The van der Waals surface area contributed by atoms with Gasteiger partial charge in [-0.3, -0.25) is 15.1 Å². The zero-order chi connectivity index (χ0) is 28.5. The molecule has 6 rings (SSSR count). The van der Waals surface area contributed by atoms with E-state index in [2.05, 4.69) is 94.4 Å². The van der Waals surface area contributed by atoms with Gasteiger partial charge >= 0.3 is 0 Å². The lowest BCUT2D eigenvalue weighted by atomic mass is 10.0. The van der Waals surface area contributed by atoms with Crippen molar-refractivity contribution in [2.45, 2.75) is 35.7 Å². The lowest BCUT2D eigenvalue weighted by Gasteiger charge is -2.29. The number of non-ortho nitro benzene ring substituents is 1. The van der Waals surface area contributed by atoms with Gasteiger partial charge in [-0.25, -0.2) is 0 Å². The van der Waals surface area contributed by atoms with Crippen LogP contribution < -0.4 is 10.2 Å². The van der Waals surface area contributed by atoms with Gasteiger partial charge in [0.2, 0.25) is 0 Å². The summed E-state index contributed by atoms with van der Waals surface area (Å²) in [6.07, 6.45) is 3.91. The Morgan fingerprint density at radius 1 is 0.878 bits per heavy atom. The fourth-order valence-electron chi connectivity index (χ4n) is 5.13. The van der Waals surface area contributed by atoms with Gasteiger partial charge in [-0.2, -0.15) is 0 Å². The van der Waals surface area contributed by atoms with Crippen molar-refractivity contribution >= 4 is 40.5 Å². The number of rotatable bonds is 7. The van der Waals surface area contributed by atoms with Crippen LogP contribution in [0, 0.1) is 24.0 Å². The highest BCUT2D eigenvalue weighted by atomic mass is 32.2. The van der Waals surface area contributed by atoms with Crippen LogP contribution in [-0.2, 0) is 0 Å². The van der Waals surface area contributed by atoms with Gasteiger partial charge in [-0.05, 0) is 110 Å². The average molecular weight is 578 g/mol. The number of thiocarbonyl (C=S) groups is 1. The van der Waals surface area contributed by atoms with Crippen LogP contribution in [0.2, 0.25) is 0 Å². The third-order valence-electron chi connectivity index (χ3n) is 7.35. The number of pyridine rings is 1. The number of hydrogen-bond acceptors (Lipinski definition) is 5. The molecule has 1 fully saturated rings. The third kappa shape index (κ3) is 5.33. The number of nitro benzene ring substituents is 1. The van der Waals surface area contributed by atoms with Crippen LogP contribution in [-0.4, -0.2) is 19.6 Å². The van der Waals surface area contributed by atoms with Gasteiger partial charge in [0.05, 0.1) is 16.7 Å². The van der Waals surface area contributed by atoms with Crippen molar-refractivity contribution in [3.05, 3.63) is 142 Å². The van der Waals surface area contributed by atoms with Gasteiger partial charge < -0.3 is 14.8 Å². The largest absolute Gasteiger partial charge is 0.351 e. The van der Waals surface area contributed by atoms with Crippen LogP contribution in [0.3, 0.4) is 0 Å². The van der Waals surface area contributed by atoms with Gasteiger partial charge in [0.1, 0.15) is 6.04 Å². The SMILES string of the molecule is Cc1ccc(-n2cccc2C2C(c3ccccn3)NC(=S)N2c2ccc(Sc3ccc([N+](=O)[O-])cc3)cc2)cc1C. The first-order chi connectivity index (χ1) is 19.9. The lowest BCUT2D eigenvalue weighted by molar-refractivity contribution is -0.384. The summed E-state index contributed by atoms with van der Waals surface area (Å²) >= 11 is 7.49. The van der Waals surface area contributed by atoms with Gasteiger partial charge in [-0.1, -0.05) is 23.9 Å². The fourth-order valence-corrected chi connectivity index (χ4v) is 6.29. The Hall–Kier alpha value is -4.47. The molecule has 1 saturated heterocycles. The van der Waals surface area contributed by atoms with E-state index in [1.165, 1.54) is 23.3 Å². The molecular formula is C32H27N5O2S2. The summed E-state index contributed by atoms with van der Waals surface area (Å²) in [6.45, 7) is 4.25. The van der Waals surface area contributed by atoms with E-state index in [4.69, 9.17) is 12.2 Å². The quantitative estimate of drug-likeness (QED) is 0.121. The summed E-state index contributed by atoms with van der Waals surface area (Å²) in [5, 5.41) is 15.2. The van der Waals surface area contributed by atoms with E-state index >= 15 is 0 Å². The number of nitrogens with zero attached hydrogens (tertiary/aromatic N) is 4. The molecule has 0 bridgehead atoms. The minimum Gasteiger partial charge on any atom is -0.351 e. The maximum absolute atomic E-state index is 11.0. The number of nitro groups is 1. The molecule has 0 radical (unpaired) electrons. The van der Waals surface area contributed by atoms with Gasteiger partial charge in [0, 0.05) is 51.4 Å². The molecule has 1 aliphatic rings. The standard InChI is InChI=1S/C32H27N5O2S2/c1-21-8-9-25(20-22(21)2)35-19-5-7-29(35)31-30(28-6-3-4-18-33-28)34-32(40)36(31)23-10-14-26(15-11-23)41-27-16-12-24(13-17-27)37(38)39/h3-20,30-31H,1-2H3,(H,34,40). The van der Waals surface area contributed by atoms with Crippen molar-refractivity contribution in [3.8, 4) is 5.69 Å². The highest BCUT2D eigenvalue weighted by Crippen LogP contribution is 2.43. The number of hydrogen-bond donors (Lipinski definition) is 1. The van der Waals surface area contributed by atoms with Gasteiger partial charge in [0.25, 0.3) is 5.69 Å². The van der Waals surface area contributed by atoms with E-state index in [0.29, 0.717) is 5.11 Å². The molecule has 41 heavy (non-hydrogen) atoms. The van der Waals surface area contributed by atoms with Crippen molar-refractivity contribution in [1.29, 1.82) is 0 Å². The first kappa shape index (κ1) is 26.7. The minimum atomic E-state index is -0.388. The smallest absolute Gasteiger partial charge is 0.269 e. The maximum Gasteiger partial charge on any atom is 0.269 e. The predicted molar refractivity (Wildman–Crippen MR) is 167 cm³/mol. The Morgan fingerprint density at radius 2 is 1.59 bits per heavy atom. The predicted octanol–water partition coefficient (Wildman–Crippen LogP) is 7.73. The normalized spacial score (nSPS) is 16.5. The molecular weight excluding hydrogens is 551 g/mol. The second-order valence-electron chi connectivity index (χ2n) is 9.92. The van der Waals surface area contributed by atoms with E-state index < -0.39 is 0 Å². The topological polar surface area (TPSA) is 76.2 Å². The zero-order valence-corrected chi connectivity index (χ0v) is 24.1. The molecule has 1 N–H and O–H groups in total. The van der Waals surface area contributed by atoms with E-state index in [1.54, 1.807) is 23.9 Å². The van der Waals surface area contributed by atoms with Crippen molar-refractivity contribution in [3.63, 3.8) is 0 Å². The summed E-state index contributed by atoms with van der Waals surface area (Å²) in [5.41, 5.74) is 6.65. The number of anilines is 1. The van der Waals surface area contributed by atoms with Crippen molar-refractivity contribution < 1.29 is 4.92 Å². The molecule has 9 heteroatoms. The van der Waals surface area contributed by atoms with Crippen LogP contribution in [0.1, 0.15) is 34.6 Å². The fraction of sp³-hybridized carbons (Fsp3) is 0.125. The molecule has 204 valence electrons. The average Bonchev–Trinajstić information content (AvgIpc) is 3.60. The van der Waals surface area contributed by atoms with Crippen molar-refractivity contribution in [1.82, 2.24) is 14.9 Å². The van der Waals surface area contributed by atoms with E-state index in [1.807, 2.05) is 24.4 Å². The molecule has 3 heterocycles. The zero-order valence-electron chi connectivity index (χ0n) is 22.5. The monoisotopic (exact) mass is 577 g/mol. The highest BCUT2D eigenvalue weighted by molar-refractivity contribution is 7.99. The van der Waals surface area contributed by atoms with Crippen molar-refractivity contribution in [2.24, 2.45) is 0 Å². The number of aryl methyl sites for hydroxylation is 2. The molecule has 0 spiro atoms. The molecule has 2 atom stereocenters. The molecule has 3 aromatic carbocycles. The van der Waals surface area contributed by atoms with Gasteiger partial charge in [-0.15, -0.1) is 0 Å². The molecule has 2 unspecified atom stereocenters. The Balaban J connectivity index is 1.36.